The minimum atomic E-state index is -4.44. The number of aromatic nitrogens is 3. The lowest BCUT2D eigenvalue weighted by atomic mass is 9.69. The van der Waals surface area contributed by atoms with E-state index in [0.29, 0.717) is 42.8 Å². The van der Waals surface area contributed by atoms with Gasteiger partial charge >= 0.3 is 6.18 Å². The topological polar surface area (TPSA) is 94.7 Å². The Kier molecular flexibility index (Phi) is 6.24. The molecule has 1 saturated heterocycles. The molecule has 3 aliphatic rings. The van der Waals surface area contributed by atoms with Gasteiger partial charge in [-0.1, -0.05) is 18.2 Å². The third-order valence-corrected chi connectivity index (χ3v) is 8.39. The zero-order valence-corrected chi connectivity index (χ0v) is 21.4. The maximum absolute atomic E-state index is 13.9. The lowest BCUT2D eigenvalue weighted by Crippen LogP contribution is -2.60. The van der Waals surface area contributed by atoms with E-state index >= 15 is 0 Å². The Balaban J connectivity index is 1.16. The van der Waals surface area contributed by atoms with Crippen LogP contribution in [0.5, 0.6) is 5.75 Å². The number of likely N-dealkylation sites (N-methyl/N-ethyl adjacent to an activating group) is 1. The number of amides is 2. The van der Waals surface area contributed by atoms with Crippen molar-refractivity contribution in [1.29, 1.82) is 0 Å². The number of hydrogen-bond acceptors (Lipinski definition) is 6. The van der Waals surface area contributed by atoms with Crippen LogP contribution in [0.1, 0.15) is 31.2 Å². The first kappa shape index (κ1) is 25.6. The molecule has 0 bridgehead atoms. The molecule has 2 aromatic heterocycles. The van der Waals surface area contributed by atoms with Crippen LogP contribution < -0.4 is 9.64 Å². The highest BCUT2D eigenvalue weighted by atomic mass is 19.4. The predicted octanol–water partition coefficient (Wildman–Crippen LogP) is 3.27. The van der Waals surface area contributed by atoms with Crippen LogP contribution in [0.4, 0.5) is 18.9 Å². The van der Waals surface area contributed by atoms with E-state index in [0.717, 1.165) is 10.9 Å². The number of piperazine rings is 1. The molecule has 1 spiro atoms. The summed E-state index contributed by atoms with van der Waals surface area (Å²) in [6.07, 6.45) is 1.16. The van der Waals surface area contributed by atoms with Gasteiger partial charge in [0.2, 0.25) is 11.8 Å². The van der Waals surface area contributed by atoms with E-state index in [-0.39, 0.29) is 31.6 Å². The molecule has 3 aromatic rings. The number of anilines is 1. The number of benzene rings is 1. The molecule has 0 radical (unpaired) electrons. The average Bonchev–Trinajstić information content (AvgIpc) is 3.47. The molecular weight excluding hydrogens is 513 g/mol. The van der Waals surface area contributed by atoms with Crippen LogP contribution in [-0.2, 0) is 15.0 Å². The van der Waals surface area contributed by atoms with Crippen molar-refractivity contribution in [3.8, 4) is 5.75 Å². The molecule has 4 heterocycles. The van der Waals surface area contributed by atoms with Crippen molar-refractivity contribution >= 4 is 28.5 Å². The highest BCUT2D eigenvalue weighted by Gasteiger charge is 2.53. The Morgan fingerprint density at radius 3 is 2.72 bits per heavy atom. The van der Waals surface area contributed by atoms with Crippen molar-refractivity contribution in [2.75, 3.05) is 38.1 Å². The second kappa shape index (κ2) is 9.51. The van der Waals surface area contributed by atoms with Gasteiger partial charge in [-0.2, -0.15) is 18.3 Å². The summed E-state index contributed by atoms with van der Waals surface area (Å²) in [5.74, 6) is -0.00486. The largest absolute Gasteiger partial charge is 0.489 e. The van der Waals surface area contributed by atoms with Crippen LogP contribution in [0.15, 0.2) is 42.7 Å². The number of fused-ring (bicyclic) bond motifs is 3. The maximum Gasteiger partial charge on any atom is 0.405 e. The van der Waals surface area contributed by atoms with E-state index in [4.69, 9.17) is 4.74 Å². The molecule has 9 nitrogen and oxygen atoms in total. The summed E-state index contributed by atoms with van der Waals surface area (Å²) < 4.78 is 46.7. The van der Waals surface area contributed by atoms with Gasteiger partial charge < -0.3 is 14.5 Å². The SMILES string of the molecule is CN1CCN(C(=O)CN2C(=O)C3(CCC(Oc4cnc5[nH]ncc5c4)CC3)c3ccccc32)CC1C(F)(F)F. The summed E-state index contributed by atoms with van der Waals surface area (Å²) in [6, 6.07) is 7.58. The number of H-pyrrole nitrogens is 1. The lowest BCUT2D eigenvalue weighted by Gasteiger charge is -2.40. The van der Waals surface area contributed by atoms with Gasteiger partial charge in [0.1, 0.15) is 18.3 Å². The number of alkyl halides is 3. The summed E-state index contributed by atoms with van der Waals surface area (Å²) in [4.78, 5) is 35.4. The van der Waals surface area contributed by atoms with E-state index in [9.17, 15) is 22.8 Å². The molecule has 1 atom stereocenters. The van der Waals surface area contributed by atoms with E-state index in [1.165, 1.54) is 21.7 Å². The number of nitrogens with one attached hydrogen (secondary N) is 1. The summed E-state index contributed by atoms with van der Waals surface area (Å²) in [6.45, 7) is -0.404. The molecule has 2 fully saturated rings. The summed E-state index contributed by atoms with van der Waals surface area (Å²) in [5.41, 5.74) is 1.43. The molecule has 2 amide bonds. The number of carbonyl (C=O) groups excluding carboxylic acids is 2. The minimum Gasteiger partial charge on any atom is -0.489 e. The van der Waals surface area contributed by atoms with Gasteiger partial charge in [-0.3, -0.25) is 19.6 Å². The quantitative estimate of drug-likeness (QED) is 0.544. The number of rotatable bonds is 4. The molecule has 206 valence electrons. The summed E-state index contributed by atoms with van der Waals surface area (Å²) in [7, 11) is 1.41. The number of nitrogens with zero attached hydrogens (tertiary/aromatic N) is 5. The van der Waals surface area contributed by atoms with E-state index in [1.807, 2.05) is 30.3 Å². The normalized spacial score (nSPS) is 25.9. The van der Waals surface area contributed by atoms with Crippen LogP contribution >= 0.6 is 0 Å². The Labute approximate surface area is 222 Å². The smallest absolute Gasteiger partial charge is 0.405 e. The number of para-hydroxylation sites is 1. The number of hydrogen-bond donors (Lipinski definition) is 1. The highest BCUT2D eigenvalue weighted by Crippen LogP contribution is 2.50. The fourth-order valence-electron chi connectivity index (χ4n) is 6.20. The van der Waals surface area contributed by atoms with E-state index in [2.05, 4.69) is 15.2 Å². The standard InChI is InChI=1S/C27H29F3N6O3/c1-34-10-11-35(15-22(34)27(28,29)30)23(37)16-36-21-5-3-2-4-20(21)26(25(36)38)8-6-18(7-9-26)39-19-12-17-13-32-33-24(17)31-14-19/h2-5,12-14,18,22H,6-11,15-16H2,1H3,(H,31,32,33). The van der Waals surface area contributed by atoms with Crippen molar-refractivity contribution < 1.29 is 27.5 Å². The lowest BCUT2D eigenvalue weighted by molar-refractivity contribution is -0.193. The van der Waals surface area contributed by atoms with Gasteiger partial charge in [0, 0.05) is 30.7 Å². The molecule has 12 heteroatoms. The Morgan fingerprint density at radius 1 is 1.18 bits per heavy atom. The number of pyridine rings is 1. The van der Waals surface area contributed by atoms with Gasteiger partial charge in [-0.05, 0) is 50.4 Å². The molecule has 1 aliphatic carbocycles. The van der Waals surface area contributed by atoms with Gasteiger partial charge in [-0.25, -0.2) is 4.98 Å². The second-order valence-electron chi connectivity index (χ2n) is 10.7. The number of ether oxygens (including phenoxy) is 1. The first-order valence-corrected chi connectivity index (χ1v) is 13.1. The van der Waals surface area contributed by atoms with E-state index in [1.54, 1.807) is 12.4 Å². The molecular formula is C27H29F3N6O3. The van der Waals surface area contributed by atoms with Crippen molar-refractivity contribution in [1.82, 2.24) is 25.0 Å². The Hall–Kier alpha value is -3.67. The molecule has 2 aliphatic heterocycles. The monoisotopic (exact) mass is 542 g/mol. The van der Waals surface area contributed by atoms with Gasteiger partial charge in [0.25, 0.3) is 0 Å². The molecule has 6 rings (SSSR count). The number of halogens is 3. The van der Waals surface area contributed by atoms with Crippen molar-refractivity contribution in [3.63, 3.8) is 0 Å². The first-order chi connectivity index (χ1) is 18.7. The van der Waals surface area contributed by atoms with Crippen LogP contribution in [0.25, 0.3) is 11.0 Å². The molecule has 1 unspecified atom stereocenters. The second-order valence-corrected chi connectivity index (χ2v) is 10.7. The Bertz CT molecular complexity index is 1400. The third-order valence-electron chi connectivity index (χ3n) is 8.39. The van der Waals surface area contributed by atoms with E-state index < -0.39 is 30.1 Å². The average molecular weight is 543 g/mol. The van der Waals surface area contributed by atoms with Crippen LogP contribution in [0, 0.1) is 0 Å². The van der Waals surface area contributed by atoms with Gasteiger partial charge in [-0.15, -0.1) is 0 Å². The molecule has 1 saturated carbocycles. The zero-order valence-electron chi connectivity index (χ0n) is 21.4. The van der Waals surface area contributed by atoms with Crippen molar-refractivity contribution in [2.24, 2.45) is 0 Å². The summed E-state index contributed by atoms with van der Waals surface area (Å²) in [5, 5.41) is 7.64. The number of carbonyl (C=O) groups is 2. The molecule has 39 heavy (non-hydrogen) atoms. The fraction of sp³-hybridized carbons (Fsp3) is 0.481. The Morgan fingerprint density at radius 2 is 1.95 bits per heavy atom. The zero-order chi connectivity index (χ0) is 27.4. The highest BCUT2D eigenvalue weighted by molar-refractivity contribution is 6.10. The van der Waals surface area contributed by atoms with Crippen molar-refractivity contribution in [3.05, 3.63) is 48.3 Å². The fourth-order valence-corrected chi connectivity index (χ4v) is 6.20. The van der Waals surface area contributed by atoms with Gasteiger partial charge in [0.15, 0.2) is 5.65 Å². The third kappa shape index (κ3) is 4.50. The van der Waals surface area contributed by atoms with Crippen molar-refractivity contribution in [2.45, 2.75) is 49.4 Å². The van der Waals surface area contributed by atoms with Crippen LogP contribution in [0.3, 0.4) is 0 Å². The maximum atomic E-state index is 13.9. The van der Waals surface area contributed by atoms with Crippen LogP contribution in [0.2, 0.25) is 0 Å². The minimum absolute atomic E-state index is 0.0953. The summed E-state index contributed by atoms with van der Waals surface area (Å²) >= 11 is 0. The number of aromatic amines is 1. The molecule has 1 aromatic carbocycles. The molecule has 1 N–H and O–H groups in total. The van der Waals surface area contributed by atoms with Gasteiger partial charge in [0.05, 0.1) is 23.9 Å². The van der Waals surface area contributed by atoms with Crippen LogP contribution in [-0.4, -0.2) is 88.3 Å². The first-order valence-electron chi connectivity index (χ1n) is 13.1. The predicted molar refractivity (Wildman–Crippen MR) is 136 cm³/mol.